The summed E-state index contributed by atoms with van der Waals surface area (Å²) < 4.78 is 0.841. The van der Waals surface area contributed by atoms with Crippen LogP contribution < -0.4 is 4.90 Å². The summed E-state index contributed by atoms with van der Waals surface area (Å²) >= 11 is 3.29. The Hall–Kier alpha value is -1.36. The van der Waals surface area contributed by atoms with Crippen molar-refractivity contribution in [1.82, 2.24) is 4.98 Å². The van der Waals surface area contributed by atoms with Gasteiger partial charge in [-0.15, -0.1) is 0 Å². The zero-order chi connectivity index (χ0) is 10.1. The first-order valence-electron chi connectivity index (χ1n) is 4.01. The molecule has 5 heteroatoms. The second kappa shape index (κ2) is 3.42. The second-order valence-electron chi connectivity index (χ2n) is 2.86. The number of carboxylic acid groups (broad SMARTS) is 1. The minimum absolute atomic E-state index is 0.358. The Labute approximate surface area is 89.0 Å². The molecule has 72 valence electrons. The fourth-order valence-electron chi connectivity index (χ4n) is 1.34. The number of hydrogen-bond acceptors (Lipinski definition) is 2. The van der Waals surface area contributed by atoms with Crippen LogP contribution in [0.1, 0.15) is 5.56 Å². The van der Waals surface area contributed by atoms with Gasteiger partial charge in [-0.2, -0.15) is 0 Å². The van der Waals surface area contributed by atoms with Crippen molar-refractivity contribution < 1.29 is 9.90 Å². The molecular formula is C9H7BrN2O2. The summed E-state index contributed by atoms with van der Waals surface area (Å²) in [7, 11) is 0. The number of fused-ring (bicyclic) bond motifs is 1. The number of pyridine rings is 1. The van der Waals surface area contributed by atoms with Crippen molar-refractivity contribution in [3.63, 3.8) is 0 Å². The van der Waals surface area contributed by atoms with Gasteiger partial charge < -0.3 is 5.11 Å². The average molecular weight is 255 g/mol. The van der Waals surface area contributed by atoms with Gasteiger partial charge in [-0.25, -0.2) is 9.78 Å². The third-order valence-electron chi connectivity index (χ3n) is 1.93. The zero-order valence-electron chi connectivity index (χ0n) is 7.14. The van der Waals surface area contributed by atoms with Gasteiger partial charge in [0, 0.05) is 22.8 Å². The Morgan fingerprint density at radius 1 is 1.64 bits per heavy atom. The van der Waals surface area contributed by atoms with E-state index in [-0.39, 0.29) is 0 Å². The topological polar surface area (TPSA) is 53.4 Å². The number of aromatic nitrogens is 1. The molecule has 1 aliphatic rings. The fraction of sp³-hybridized carbons (Fsp3) is 0.111. The largest absolute Gasteiger partial charge is 0.465 e. The highest BCUT2D eigenvalue weighted by molar-refractivity contribution is 9.10. The summed E-state index contributed by atoms with van der Waals surface area (Å²) in [4.78, 5) is 16.1. The standard InChI is InChI=1S/C9H7BrN2O2/c10-7-4-6-2-1-3-12(9(13)14)8(6)11-5-7/h1-2,4-5H,3H2,(H,13,14). The Kier molecular flexibility index (Phi) is 2.25. The van der Waals surface area contributed by atoms with Crippen molar-refractivity contribution in [2.45, 2.75) is 0 Å². The molecule has 1 aliphatic heterocycles. The first-order valence-corrected chi connectivity index (χ1v) is 4.80. The molecule has 0 fully saturated rings. The summed E-state index contributed by atoms with van der Waals surface area (Å²) in [6, 6.07) is 1.84. The van der Waals surface area contributed by atoms with E-state index in [0.717, 1.165) is 10.0 Å². The van der Waals surface area contributed by atoms with Gasteiger partial charge >= 0.3 is 6.09 Å². The SMILES string of the molecule is O=C(O)N1CC=Cc2cc(Br)cnc21. The van der Waals surface area contributed by atoms with Crippen LogP contribution >= 0.6 is 15.9 Å². The minimum atomic E-state index is -0.981. The quantitative estimate of drug-likeness (QED) is 0.774. The molecule has 0 aliphatic carbocycles. The minimum Gasteiger partial charge on any atom is -0.465 e. The van der Waals surface area contributed by atoms with Gasteiger partial charge in [0.2, 0.25) is 0 Å². The van der Waals surface area contributed by atoms with Crippen LogP contribution in [0.5, 0.6) is 0 Å². The average Bonchev–Trinajstić information content (AvgIpc) is 2.16. The molecule has 0 bridgehead atoms. The lowest BCUT2D eigenvalue weighted by atomic mass is 10.2. The van der Waals surface area contributed by atoms with E-state index >= 15 is 0 Å². The molecule has 0 saturated carbocycles. The number of halogens is 1. The molecule has 1 aromatic heterocycles. The number of nitrogens with zero attached hydrogens (tertiary/aromatic N) is 2. The number of hydrogen-bond donors (Lipinski definition) is 1. The molecule has 0 atom stereocenters. The Morgan fingerprint density at radius 3 is 3.14 bits per heavy atom. The maximum absolute atomic E-state index is 10.8. The maximum atomic E-state index is 10.8. The molecule has 1 amide bonds. The van der Waals surface area contributed by atoms with Crippen molar-refractivity contribution in [2.24, 2.45) is 0 Å². The zero-order valence-corrected chi connectivity index (χ0v) is 8.73. The van der Waals surface area contributed by atoms with E-state index in [0.29, 0.717) is 12.4 Å². The number of rotatable bonds is 0. The number of anilines is 1. The van der Waals surface area contributed by atoms with Gasteiger partial charge in [0.25, 0.3) is 0 Å². The molecule has 0 radical (unpaired) electrons. The monoisotopic (exact) mass is 254 g/mol. The summed E-state index contributed by atoms with van der Waals surface area (Å²) in [5.41, 5.74) is 0.813. The van der Waals surface area contributed by atoms with E-state index in [1.54, 1.807) is 12.3 Å². The van der Waals surface area contributed by atoms with Crippen molar-refractivity contribution >= 4 is 33.9 Å². The van der Waals surface area contributed by atoms with Gasteiger partial charge in [0.1, 0.15) is 5.82 Å². The van der Waals surface area contributed by atoms with Crippen LogP contribution in [0.3, 0.4) is 0 Å². The molecule has 14 heavy (non-hydrogen) atoms. The Balaban J connectivity index is 2.51. The molecule has 2 rings (SSSR count). The van der Waals surface area contributed by atoms with E-state index in [4.69, 9.17) is 5.11 Å². The molecule has 0 aromatic carbocycles. The van der Waals surface area contributed by atoms with E-state index in [9.17, 15) is 4.79 Å². The van der Waals surface area contributed by atoms with Gasteiger partial charge in [0.05, 0.1) is 0 Å². The molecular weight excluding hydrogens is 248 g/mol. The van der Waals surface area contributed by atoms with Crippen LogP contribution in [0.15, 0.2) is 22.8 Å². The highest BCUT2D eigenvalue weighted by Gasteiger charge is 2.19. The lowest BCUT2D eigenvalue weighted by Crippen LogP contribution is -2.32. The third-order valence-corrected chi connectivity index (χ3v) is 2.37. The van der Waals surface area contributed by atoms with Crippen LogP contribution in [0, 0.1) is 0 Å². The molecule has 1 N–H and O–H groups in total. The summed E-state index contributed by atoms with van der Waals surface area (Å²) in [6.45, 7) is 0.358. The van der Waals surface area contributed by atoms with Crippen LogP contribution in [-0.2, 0) is 0 Å². The van der Waals surface area contributed by atoms with Gasteiger partial charge in [-0.3, -0.25) is 4.90 Å². The van der Waals surface area contributed by atoms with Gasteiger partial charge in [-0.1, -0.05) is 12.2 Å². The summed E-state index contributed by atoms with van der Waals surface area (Å²) in [5.74, 6) is 0.489. The molecule has 2 heterocycles. The summed E-state index contributed by atoms with van der Waals surface area (Å²) in [6.07, 6.45) is 4.27. The highest BCUT2D eigenvalue weighted by Crippen LogP contribution is 2.25. The van der Waals surface area contributed by atoms with Crippen LogP contribution in [0.2, 0.25) is 0 Å². The van der Waals surface area contributed by atoms with Crippen molar-refractivity contribution in [3.05, 3.63) is 28.4 Å². The van der Waals surface area contributed by atoms with Crippen molar-refractivity contribution in [2.75, 3.05) is 11.4 Å². The summed E-state index contributed by atoms with van der Waals surface area (Å²) in [5, 5.41) is 8.89. The third kappa shape index (κ3) is 1.50. The van der Waals surface area contributed by atoms with Gasteiger partial charge in [-0.05, 0) is 22.0 Å². The maximum Gasteiger partial charge on any atom is 0.413 e. The molecule has 0 unspecified atom stereocenters. The van der Waals surface area contributed by atoms with Crippen molar-refractivity contribution in [3.8, 4) is 0 Å². The van der Waals surface area contributed by atoms with Crippen LogP contribution in [0.25, 0.3) is 6.08 Å². The fourth-order valence-corrected chi connectivity index (χ4v) is 1.69. The lowest BCUT2D eigenvalue weighted by molar-refractivity contribution is 0.202. The predicted octanol–water partition coefficient (Wildman–Crippen LogP) is 2.36. The van der Waals surface area contributed by atoms with Crippen LogP contribution in [-0.4, -0.2) is 22.7 Å². The Morgan fingerprint density at radius 2 is 2.43 bits per heavy atom. The van der Waals surface area contributed by atoms with E-state index in [2.05, 4.69) is 20.9 Å². The first kappa shape index (κ1) is 9.21. The number of carbonyl (C=O) groups is 1. The first-order chi connectivity index (χ1) is 6.68. The van der Waals surface area contributed by atoms with Crippen molar-refractivity contribution in [1.29, 1.82) is 0 Å². The molecule has 0 spiro atoms. The molecule has 4 nitrogen and oxygen atoms in total. The number of amides is 1. The molecule has 1 aromatic rings. The predicted molar refractivity (Wildman–Crippen MR) is 56.3 cm³/mol. The van der Waals surface area contributed by atoms with E-state index < -0.39 is 6.09 Å². The van der Waals surface area contributed by atoms with E-state index in [1.165, 1.54) is 4.90 Å². The second-order valence-corrected chi connectivity index (χ2v) is 3.78. The molecule has 0 saturated heterocycles. The van der Waals surface area contributed by atoms with Gasteiger partial charge in [0.15, 0.2) is 0 Å². The lowest BCUT2D eigenvalue weighted by Gasteiger charge is -2.21. The van der Waals surface area contributed by atoms with Crippen LogP contribution in [0.4, 0.5) is 10.6 Å². The Bertz CT molecular complexity index is 417. The normalized spacial score (nSPS) is 13.9. The smallest absolute Gasteiger partial charge is 0.413 e. The highest BCUT2D eigenvalue weighted by atomic mass is 79.9. The van der Waals surface area contributed by atoms with E-state index in [1.807, 2.05) is 12.1 Å².